The van der Waals surface area contributed by atoms with Crippen LogP contribution in [0.25, 0.3) is 10.9 Å². The molecule has 1 aromatic carbocycles. The Labute approximate surface area is 185 Å². The first-order chi connectivity index (χ1) is 15.2. The minimum absolute atomic E-state index is 0.0807. The molecule has 0 radical (unpaired) electrons. The number of fused-ring (bicyclic) bond motifs is 1. The Hall–Kier alpha value is -2.61. The molecule has 1 aliphatic rings. The lowest BCUT2D eigenvalue weighted by Crippen LogP contribution is -2.33. The Bertz CT molecular complexity index is 1010. The Morgan fingerprint density at radius 2 is 2.19 bits per heavy atom. The van der Waals surface area contributed by atoms with Crippen molar-refractivity contribution in [1.82, 2.24) is 10.3 Å². The van der Waals surface area contributed by atoms with Gasteiger partial charge >= 0.3 is 0 Å². The molecule has 6 nitrogen and oxygen atoms in total. The third-order valence-corrected chi connectivity index (χ3v) is 6.16. The van der Waals surface area contributed by atoms with Gasteiger partial charge < -0.3 is 24.9 Å². The van der Waals surface area contributed by atoms with Gasteiger partial charge in [0, 0.05) is 42.6 Å². The van der Waals surface area contributed by atoms with Crippen LogP contribution in [0.3, 0.4) is 0 Å². The number of amides is 1. The number of aromatic nitrogens is 1. The molecule has 0 saturated heterocycles. The molecule has 4 rings (SSSR count). The maximum Gasteiger partial charge on any atom is 0.286 e. The summed E-state index contributed by atoms with van der Waals surface area (Å²) in [6.45, 7) is 1.17. The number of nitrogens with one attached hydrogen (secondary N) is 2. The first-order valence-electron chi connectivity index (χ1n) is 10.7. The molecule has 164 valence electrons. The Morgan fingerprint density at radius 1 is 1.29 bits per heavy atom. The summed E-state index contributed by atoms with van der Waals surface area (Å²) in [7, 11) is 0. The minimum atomic E-state index is -0.469. The fourth-order valence-electron chi connectivity index (χ4n) is 3.80. The molecule has 0 spiro atoms. The minimum Gasteiger partial charge on any atom is -0.459 e. The van der Waals surface area contributed by atoms with E-state index in [-0.39, 0.29) is 18.4 Å². The number of H-pyrrole nitrogens is 1. The van der Waals surface area contributed by atoms with E-state index in [1.165, 1.54) is 16.5 Å². The van der Waals surface area contributed by atoms with Crippen LogP contribution in [0.4, 0.5) is 0 Å². The highest BCUT2D eigenvalue weighted by atomic mass is 32.1. The lowest BCUT2D eigenvalue weighted by molar-refractivity contribution is -0.146. The predicted molar refractivity (Wildman–Crippen MR) is 122 cm³/mol. The molecule has 0 bridgehead atoms. The quantitative estimate of drug-likeness (QED) is 0.415. The molecule has 0 fully saturated rings. The number of hydrogen-bond acceptors (Lipinski definition) is 5. The van der Waals surface area contributed by atoms with Crippen molar-refractivity contribution in [3.05, 3.63) is 70.3 Å². The summed E-state index contributed by atoms with van der Waals surface area (Å²) in [5.74, 6) is 0.175. The molecular weight excluding hydrogens is 412 g/mol. The van der Waals surface area contributed by atoms with Gasteiger partial charge in [-0.15, -0.1) is 0 Å². The third-order valence-electron chi connectivity index (χ3n) is 5.46. The largest absolute Gasteiger partial charge is 0.459 e. The molecule has 0 unspecified atom stereocenters. The van der Waals surface area contributed by atoms with Crippen LogP contribution in [0.15, 0.2) is 59.1 Å². The first-order valence-corrected chi connectivity index (χ1v) is 11.6. The monoisotopic (exact) mass is 440 g/mol. The van der Waals surface area contributed by atoms with Crippen LogP contribution < -0.4 is 5.32 Å². The molecule has 2 atom stereocenters. The van der Waals surface area contributed by atoms with E-state index in [1.807, 2.05) is 35.9 Å². The maximum atomic E-state index is 12.8. The zero-order valence-electron chi connectivity index (χ0n) is 17.4. The number of allylic oxidation sites excluding steroid dienone is 1. The molecule has 2 aromatic heterocycles. The van der Waals surface area contributed by atoms with Crippen LogP contribution in [0.1, 0.15) is 36.3 Å². The number of carbonyl (C=O) groups excluding carboxylic acids is 1. The fourth-order valence-corrected chi connectivity index (χ4v) is 4.53. The summed E-state index contributed by atoms with van der Waals surface area (Å²) in [4.78, 5) is 16.1. The smallest absolute Gasteiger partial charge is 0.286 e. The normalized spacial score (nSPS) is 18.5. The van der Waals surface area contributed by atoms with Crippen LogP contribution >= 0.6 is 11.3 Å². The zero-order valence-corrected chi connectivity index (χ0v) is 18.2. The Balaban J connectivity index is 1.37. The van der Waals surface area contributed by atoms with E-state index in [0.717, 1.165) is 18.4 Å². The average molecular weight is 441 g/mol. The number of unbranched alkanes of at least 4 members (excludes halogenated alkanes) is 1. The number of thiophene rings is 1. The zero-order chi connectivity index (χ0) is 21.5. The maximum absolute atomic E-state index is 12.8. The highest BCUT2D eigenvalue weighted by Gasteiger charge is 2.28. The van der Waals surface area contributed by atoms with Gasteiger partial charge in [-0.1, -0.05) is 18.2 Å². The fraction of sp³-hybridized carbons (Fsp3) is 0.375. The van der Waals surface area contributed by atoms with E-state index >= 15 is 0 Å². The molecule has 3 N–H and O–H groups in total. The van der Waals surface area contributed by atoms with Crippen molar-refractivity contribution in [2.75, 3.05) is 19.8 Å². The Morgan fingerprint density at radius 3 is 3.03 bits per heavy atom. The summed E-state index contributed by atoms with van der Waals surface area (Å²) in [6, 6.07) is 10.2. The second kappa shape index (κ2) is 10.6. The van der Waals surface area contributed by atoms with Gasteiger partial charge in [-0.3, -0.25) is 4.79 Å². The van der Waals surface area contributed by atoms with Gasteiger partial charge in [0.15, 0.2) is 5.76 Å². The van der Waals surface area contributed by atoms with Crippen LogP contribution in [0, 0.1) is 0 Å². The number of carbonyl (C=O) groups is 1. The van der Waals surface area contributed by atoms with Crippen molar-refractivity contribution < 1.29 is 19.4 Å². The summed E-state index contributed by atoms with van der Waals surface area (Å²) < 4.78 is 11.7. The van der Waals surface area contributed by atoms with Crippen molar-refractivity contribution in [1.29, 1.82) is 0 Å². The van der Waals surface area contributed by atoms with Gasteiger partial charge in [-0.25, -0.2) is 0 Å². The lowest BCUT2D eigenvalue weighted by atomic mass is 9.95. The van der Waals surface area contributed by atoms with Gasteiger partial charge in [0.25, 0.3) is 5.91 Å². The molecule has 0 saturated carbocycles. The molecular formula is C24H28N2O4S. The average Bonchev–Trinajstić information content (AvgIpc) is 3.47. The highest BCUT2D eigenvalue weighted by molar-refractivity contribution is 7.08. The SMILES string of the molecule is O=C(NCCc1c[nH]c2ccccc12)C1=C[C@@H](c2ccsc2)C[C@@H](OCCCCO)O1. The molecule has 0 aliphatic carbocycles. The van der Waals surface area contributed by atoms with Crippen molar-refractivity contribution >= 4 is 28.1 Å². The van der Waals surface area contributed by atoms with E-state index < -0.39 is 6.29 Å². The van der Waals surface area contributed by atoms with Gasteiger partial charge in [0.1, 0.15) is 0 Å². The van der Waals surface area contributed by atoms with E-state index in [4.69, 9.17) is 14.6 Å². The van der Waals surface area contributed by atoms with Crippen molar-refractivity contribution in [3.8, 4) is 0 Å². The van der Waals surface area contributed by atoms with E-state index in [2.05, 4.69) is 27.8 Å². The second-order valence-corrected chi connectivity index (χ2v) is 8.42. The van der Waals surface area contributed by atoms with Crippen molar-refractivity contribution in [2.24, 2.45) is 0 Å². The number of aliphatic hydroxyl groups excluding tert-OH is 1. The summed E-state index contributed by atoms with van der Waals surface area (Å²) in [5.41, 5.74) is 3.44. The molecule has 1 amide bonds. The number of aromatic amines is 1. The van der Waals surface area contributed by atoms with Crippen molar-refractivity contribution in [3.63, 3.8) is 0 Å². The molecule has 7 heteroatoms. The number of aliphatic hydroxyl groups is 1. The molecule has 3 aromatic rings. The topological polar surface area (TPSA) is 83.6 Å². The Kier molecular flexibility index (Phi) is 7.40. The summed E-state index contributed by atoms with van der Waals surface area (Å²) in [5, 5.41) is 17.2. The number of benzene rings is 1. The van der Waals surface area contributed by atoms with Crippen molar-refractivity contribution in [2.45, 2.75) is 37.9 Å². The van der Waals surface area contributed by atoms with Gasteiger partial charge in [0.05, 0.1) is 6.61 Å². The highest BCUT2D eigenvalue weighted by Crippen LogP contribution is 2.32. The van der Waals surface area contributed by atoms with Crippen LogP contribution in [0.2, 0.25) is 0 Å². The predicted octanol–water partition coefficient (Wildman–Crippen LogP) is 4.09. The van der Waals surface area contributed by atoms with Crippen LogP contribution in [-0.4, -0.2) is 42.0 Å². The number of hydrogen-bond donors (Lipinski definition) is 3. The van der Waals surface area contributed by atoms with Crippen LogP contribution in [0.5, 0.6) is 0 Å². The molecule has 31 heavy (non-hydrogen) atoms. The van der Waals surface area contributed by atoms with Crippen LogP contribution in [-0.2, 0) is 20.7 Å². The number of ether oxygens (including phenoxy) is 2. The number of rotatable bonds is 10. The summed E-state index contributed by atoms with van der Waals surface area (Å²) in [6.07, 6.45) is 6.28. The first kappa shape index (κ1) is 21.6. The second-order valence-electron chi connectivity index (χ2n) is 7.64. The van der Waals surface area contributed by atoms with E-state index in [9.17, 15) is 4.79 Å². The van der Waals surface area contributed by atoms with Gasteiger partial charge in [-0.05, 0) is 59.4 Å². The third kappa shape index (κ3) is 5.55. The van der Waals surface area contributed by atoms with E-state index in [1.54, 1.807) is 11.3 Å². The number of para-hydroxylation sites is 1. The van der Waals surface area contributed by atoms with Gasteiger partial charge in [-0.2, -0.15) is 11.3 Å². The lowest BCUT2D eigenvalue weighted by Gasteiger charge is -2.29. The van der Waals surface area contributed by atoms with E-state index in [0.29, 0.717) is 31.8 Å². The van der Waals surface area contributed by atoms with Gasteiger partial charge in [0.2, 0.25) is 6.29 Å². The molecule has 3 heterocycles. The summed E-state index contributed by atoms with van der Waals surface area (Å²) >= 11 is 1.64. The molecule has 1 aliphatic heterocycles. The standard InChI is InChI=1S/C24H28N2O4S/c27-10-3-4-11-29-23-14-19(18-8-12-31-16-18)13-22(30-23)24(28)25-9-7-17-15-26-21-6-2-1-5-20(17)21/h1-2,5-6,8,12-13,15-16,19,23,26-27H,3-4,7,9-11,14H2,(H,25,28)/t19-,23+/m1/s1.